The number of nitrogens with zero attached hydrogens (tertiary/aromatic N) is 6. The van der Waals surface area contributed by atoms with Crippen LogP contribution in [0.2, 0.25) is 0 Å². The lowest BCUT2D eigenvalue weighted by Crippen LogP contribution is -2.24. The molecule has 15 nitrogen and oxygen atoms in total. The number of nitro benzene ring substituents is 1. The summed E-state index contributed by atoms with van der Waals surface area (Å²) < 4.78 is 36.4. The van der Waals surface area contributed by atoms with E-state index in [1.165, 1.54) is 24.3 Å². The second kappa shape index (κ2) is 6.37. The Morgan fingerprint density at radius 2 is 1.55 bits per heavy atom. The number of guanidine groups is 1. The van der Waals surface area contributed by atoms with Gasteiger partial charge in [0.25, 0.3) is 10.0 Å². The van der Waals surface area contributed by atoms with Crippen molar-refractivity contribution in [2.45, 2.75) is 4.90 Å². The molecular weight excluding hydrogens is 410 g/mol. The van der Waals surface area contributed by atoms with Crippen molar-refractivity contribution in [3.05, 3.63) is 34.4 Å². The Kier molecular flexibility index (Phi) is 3.97. The molecule has 0 saturated carbocycles. The molecule has 16 heteroatoms. The molecule has 0 aliphatic carbocycles. The first kappa shape index (κ1) is 18.0. The number of sulfonamides is 1. The number of hydrogen-bond donors (Lipinski definition) is 3. The molecule has 0 atom stereocenters. The van der Waals surface area contributed by atoms with Gasteiger partial charge in [0.15, 0.2) is 22.2 Å². The Morgan fingerprint density at radius 1 is 1.00 bits per heavy atom. The molecule has 148 valence electrons. The number of benzene rings is 2. The summed E-state index contributed by atoms with van der Waals surface area (Å²) in [5, 5.41) is 28.9. The topological polar surface area (TPSA) is 232 Å². The summed E-state index contributed by atoms with van der Waals surface area (Å²) in [5.41, 5.74) is 9.90. The monoisotopic (exact) mass is 419 g/mol. The Balaban J connectivity index is 1.82. The fourth-order valence-electron chi connectivity index (χ4n) is 2.58. The first-order valence-corrected chi connectivity index (χ1v) is 9.00. The molecule has 0 unspecified atom stereocenters. The van der Waals surface area contributed by atoms with Crippen LogP contribution in [-0.2, 0) is 10.0 Å². The van der Waals surface area contributed by atoms with E-state index in [1.807, 2.05) is 0 Å². The average molecular weight is 419 g/mol. The van der Waals surface area contributed by atoms with Gasteiger partial charge in [-0.2, -0.15) is 8.42 Å². The number of fused-ring (bicyclic) bond motifs is 3. The van der Waals surface area contributed by atoms with Crippen LogP contribution in [0.15, 0.2) is 42.8 Å². The van der Waals surface area contributed by atoms with E-state index in [9.17, 15) is 18.5 Å². The van der Waals surface area contributed by atoms with E-state index < -0.39 is 26.6 Å². The lowest BCUT2D eigenvalue weighted by atomic mass is 10.1. The third kappa shape index (κ3) is 3.02. The summed E-state index contributed by atoms with van der Waals surface area (Å²) in [7, 11) is -4.08. The molecule has 0 amide bonds. The van der Waals surface area contributed by atoms with Gasteiger partial charge in [0.05, 0.1) is 9.82 Å². The minimum atomic E-state index is -4.08. The van der Waals surface area contributed by atoms with Crippen LogP contribution in [-0.4, -0.2) is 39.9 Å². The van der Waals surface area contributed by atoms with E-state index in [1.54, 1.807) is 0 Å². The summed E-state index contributed by atoms with van der Waals surface area (Å²) in [6, 6.07) is 5.13. The van der Waals surface area contributed by atoms with Gasteiger partial charge in [-0.15, -0.1) is 4.40 Å². The number of nitro groups is 1. The van der Waals surface area contributed by atoms with Crippen molar-refractivity contribution in [2.24, 2.45) is 15.9 Å². The van der Waals surface area contributed by atoms with E-state index in [2.05, 4.69) is 39.6 Å². The van der Waals surface area contributed by atoms with E-state index in [-0.39, 0.29) is 38.3 Å². The van der Waals surface area contributed by atoms with Crippen LogP contribution in [0.5, 0.6) is 0 Å². The minimum absolute atomic E-state index is 0.0112. The lowest BCUT2D eigenvalue weighted by Gasteiger charge is -2.08. The maximum absolute atomic E-state index is 12.0. The average Bonchev–Trinajstić information content (AvgIpc) is 3.29. The van der Waals surface area contributed by atoms with E-state index >= 15 is 0 Å². The summed E-state index contributed by atoms with van der Waals surface area (Å²) in [4.78, 5) is 10.8. The molecule has 0 aliphatic heterocycles. The van der Waals surface area contributed by atoms with Gasteiger partial charge < -0.3 is 16.8 Å². The zero-order valence-electron chi connectivity index (χ0n) is 14.0. The van der Waals surface area contributed by atoms with Crippen molar-refractivity contribution in [1.82, 2.24) is 20.6 Å². The first-order valence-electron chi connectivity index (χ1n) is 7.56. The molecule has 2 aromatic heterocycles. The highest BCUT2D eigenvalue weighted by Gasteiger charge is 2.30. The Labute approximate surface area is 159 Å². The third-order valence-electron chi connectivity index (χ3n) is 3.73. The molecule has 4 rings (SSSR count). The van der Waals surface area contributed by atoms with Gasteiger partial charge in [-0.05, 0) is 44.9 Å². The van der Waals surface area contributed by atoms with Gasteiger partial charge in [0, 0.05) is 5.69 Å². The van der Waals surface area contributed by atoms with Crippen LogP contribution in [0.3, 0.4) is 0 Å². The van der Waals surface area contributed by atoms with Crippen molar-refractivity contribution in [2.75, 3.05) is 5.32 Å². The number of anilines is 2. The van der Waals surface area contributed by atoms with Gasteiger partial charge in [0.2, 0.25) is 11.5 Å². The molecule has 4 aromatic rings. The summed E-state index contributed by atoms with van der Waals surface area (Å²) in [6.07, 6.45) is 0. The van der Waals surface area contributed by atoms with E-state index in [4.69, 9.17) is 11.5 Å². The maximum atomic E-state index is 12.0. The van der Waals surface area contributed by atoms with Crippen molar-refractivity contribution in [3.63, 3.8) is 0 Å². The fraction of sp³-hybridized carbons (Fsp3) is 0. The number of nitrogens with two attached hydrogens (primary N) is 2. The predicted octanol–water partition coefficient (Wildman–Crippen LogP) is 0.373. The number of rotatable bonds is 5. The highest BCUT2D eigenvalue weighted by Crippen LogP contribution is 2.40. The lowest BCUT2D eigenvalue weighted by molar-refractivity contribution is -0.382. The highest BCUT2D eigenvalue weighted by atomic mass is 32.2. The summed E-state index contributed by atoms with van der Waals surface area (Å²) >= 11 is 0. The molecule has 0 saturated heterocycles. The summed E-state index contributed by atoms with van der Waals surface area (Å²) in [5.74, 6) is -0.613. The molecule has 0 spiro atoms. The second-order valence-electron chi connectivity index (χ2n) is 5.54. The van der Waals surface area contributed by atoms with Crippen LogP contribution < -0.4 is 16.8 Å². The molecule has 2 aromatic carbocycles. The SMILES string of the molecule is NC(N)=NS(=O)(=O)c1ccc(Nc2c([N+](=O)[O-])c3nonc3c3nonc23)cc1. The molecule has 0 bridgehead atoms. The largest absolute Gasteiger partial charge is 0.369 e. The normalized spacial score (nSPS) is 11.6. The third-order valence-corrected chi connectivity index (χ3v) is 5.05. The molecule has 29 heavy (non-hydrogen) atoms. The van der Waals surface area contributed by atoms with Gasteiger partial charge in [-0.25, -0.2) is 9.26 Å². The maximum Gasteiger partial charge on any atom is 0.326 e. The molecule has 5 N–H and O–H groups in total. The zero-order chi connectivity index (χ0) is 20.8. The van der Waals surface area contributed by atoms with Crippen LogP contribution in [0.1, 0.15) is 0 Å². The molecular formula is C13H9N9O6S. The molecule has 0 fully saturated rings. The molecule has 0 radical (unpaired) electrons. The van der Waals surface area contributed by atoms with E-state index in [0.29, 0.717) is 0 Å². The van der Waals surface area contributed by atoms with Crippen LogP contribution >= 0.6 is 0 Å². The van der Waals surface area contributed by atoms with Gasteiger partial charge in [-0.1, -0.05) is 0 Å². The first-order chi connectivity index (χ1) is 13.8. The van der Waals surface area contributed by atoms with Gasteiger partial charge >= 0.3 is 5.69 Å². The predicted molar refractivity (Wildman–Crippen MR) is 96.5 cm³/mol. The highest BCUT2D eigenvalue weighted by molar-refractivity contribution is 7.90. The van der Waals surface area contributed by atoms with Crippen molar-refractivity contribution < 1.29 is 22.6 Å². The second-order valence-corrected chi connectivity index (χ2v) is 7.15. The number of nitrogens with one attached hydrogen (secondary N) is 1. The van der Waals surface area contributed by atoms with Crippen LogP contribution in [0, 0.1) is 10.1 Å². The standard InChI is InChI=1S/C13H9N9O6S/c14-13(15)21-29(25,26)6-3-1-5(2-4-6)16-10-8-7(17-27-18-8)9-11(20-28-19-9)12(10)22(23)24/h1-4,16H,(H4,14,15,21). The zero-order valence-corrected chi connectivity index (χ0v) is 14.8. The van der Waals surface area contributed by atoms with Crippen molar-refractivity contribution in [1.29, 1.82) is 0 Å². The Bertz CT molecular complexity index is 1390. The van der Waals surface area contributed by atoms with E-state index in [0.717, 1.165) is 0 Å². The summed E-state index contributed by atoms with van der Waals surface area (Å²) in [6.45, 7) is 0. The smallest absolute Gasteiger partial charge is 0.326 e. The Morgan fingerprint density at radius 3 is 2.14 bits per heavy atom. The molecule has 2 heterocycles. The Hall–Kier alpha value is -4.34. The number of hydrogen-bond acceptors (Lipinski definition) is 11. The molecule has 0 aliphatic rings. The van der Waals surface area contributed by atoms with Crippen LogP contribution in [0.4, 0.5) is 17.1 Å². The quantitative estimate of drug-likeness (QED) is 0.172. The minimum Gasteiger partial charge on any atom is -0.369 e. The fourth-order valence-corrected chi connectivity index (χ4v) is 3.44. The number of aromatic nitrogens is 4. The van der Waals surface area contributed by atoms with Crippen LogP contribution in [0.25, 0.3) is 22.1 Å². The van der Waals surface area contributed by atoms with Gasteiger partial charge in [0.1, 0.15) is 0 Å². The van der Waals surface area contributed by atoms with Gasteiger partial charge in [-0.3, -0.25) is 10.1 Å². The van der Waals surface area contributed by atoms with Crippen molar-refractivity contribution in [3.8, 4) is 0 Å². The van der Waals surface area contributed by atoms with Crippen molar-refractivity contribution >= 4 is 55.1 Å².